The highest BCUT2D eigenvalue weighted by Gasteiger charge is 2.25. The van der Waals surface area contributed by atoms with Gasteiger partial charge in [0, 0.05) is 37.4 Å². The van der Waals surface area contributed by atoms with E-state index in [1.54, 1.807) is 0 Å². The van der Waals surface area contributed by atoms with Gasteiger partial charge in [0.25, 0.3) is 0 Å². The SMILES string of the molecule is CNc1ncccc1CN1C(C)CCCC1C. The molecule has 1 N–H and O–H groups in total. The molecule has 2 heterocycles. The molecule has 94 valence electrons. The molecule has 0 spiro atoms. The van der Waals surface area contributed by atoms with Crippen molar-refractivity contribution in [1.29, 1.82) is 0 Å². The molecule has 17 heavy (non-hydrogen) atoms. The normalized spacial score (nSPS) is 25.8. The lowest BCUT2D eigenvalue weighted by molar-refractivity contribution is 0.0954. The summed E-state index contributed by atoms with van der Waals surface area (Å²) in [5, 5.41) is 3.18. The molecule has 1 saturated heterocycles. The van der Waals surface area contributed by atoms with E-state index < -0.39 is 0 Å². The molecule has 0 aliphatic carbocycles. The maximum atomic E-state index is 4.37. The molecule has 1 fully saturated rings. The first kappa shape index (κ1) is 12.4. The van der Waals surface area contributed by atoms with Crippen molar-refractivity contribution in [3.8, 4) is 0 Å². The molecule has 1 aliphatic rings. The lowest BCUT2D eigenvalue weighted by Crippen LogP contribution is -2.43. The fraction of sp³-hybridized carbons (Fsp3) is 0.643. The van der Waals surface area contributed by atoms with Crippen molar-refractivity contribution in [2.75, 3.05) is 12.4 Å². The summed E-state index contributed by atoms with van der Waals surface area (Å²) >= 11 is 0. The van der Waals surface area contributed by atoms with Crippen molar-refractivity contribution >= 4 is 5.82 Å². The van der Waals surface area contributed by atoms with Crippen molar-refractivity contribution in [2.24, 2.45) is 0 Å². The van der Waals surface area contributed by atoms with Gasteiger partial charge in [0.15, 0.2) is 0 Å². The number of nitrogens with zero attached hydrogens (tertiary/aromatic N) is 2. The maximum Gasteiger partial charge on any atom is 0.130 e. The van der Waals surface area contributed by atoms with Crippen LogP contribution < -0.4 is 5.32 Å². The van der Waals surface area contributed by atoms with E-state index in [0.717, 1.165) is 12.4 Å². The number of pyridine rings is 1. The number of nitrogens with one attached hydrogen (secondary N) is 1. The van der Waals surface area contributed by atoms with Gasteiger partial charge in [0.1, 0.15) is 5.82 Å². The van der Waals surface area contributed by atoms with Gasteiger partial charge < -0.3 is 5.32 Å². The summed E-state index contributed by atoms with van der Waals surface area (Å²) in [6, 6.07) is 5.56. The molecule has 3 heteroatoms. The molecule has 0 radical (unpaired) electrons. The highest BCUT2D eigenvalue weighted by Crippen LogP contribution is 2.25. The Morgan fingerprint density at radius 2 is 2.06 bits per heavy atom. The molecule has 0 bridgehead atoms. The van der Waals surface area contributed by atoms with Gasteiger partial charge in [0.05, 0.1) is 0 Å². The number of hydrogen-bond acceptors (Lipinski definition) is 3. The van der Waals surface area contributed by atoms with Crippen molar-refractivity contribution in [3.05, 3.63) is 23.9 Å². The van der Waals surface area contributed by atoms with Crippen LogP contribution in [0.2, 0.25) is 0 Å². The Morgan fingerprint density at radius 1 is 1.35 bits per heavy atom. The summed E-state index contributed by atoms with van der Waals surface area (Å²) in [4.78, 5) is 6.97. The number of piperidine rings is 1. The Labute approximate surface area is 104 Å². The second-order valence-electron chi connectivity index (χ2n) is 5.06. The summed E-state index contributed by atoms with van der Waals surface area (Å²) < 4.78 is 0. The fourth-order valence-electron chi connectivity index (χ4n) is 2.77. The molecular formula is C14H23N3. The van der Waals surface area contributed by atoms with Crippen LogP contribution in [0.3, 0.4) is 0 Å². The standard InChI is InChI=1S/C14H23N3/c1-11-6-4-7-12(2)17(11)10-13-8-5-9-16-14(13)15-3/h5,8-9,11-12H,4,6-7,10H2,1-3H3,(H,15,16). The number of aromatic nitrogens is 1. The first-order valence-electron chi connectivity index (χ1n) is 6.59. The first-order chi connectivity index (χ1) is 8.22. The average molecular weight is 233 g/mol. The van der Waals surface area contributed by atoms with Gasteiger partial charge in [-0.1, -0.05) is 12.5 Å². The van der Waals surface area contributed by atoms with Crippen molar-refractivity contribution in [2.45, 2.75) is 51.7 Å². The summed E-state index contributed by atoms with van der Waals surface area (Å²) in [7, 11) is 1.94. The molecule has 1 aliphatic heterocycles. The molecule has 2 rings (SSSR count). The van der Waals surface area contributed by atoms with Gasteiger partial charge in [-0.05, 0) is 32.8 Å². The third kappa shape index (κ3) is 2.78. The molecule has 2 atom stereocenters. The van der Waals surface area contributed by atoms with Crippen LogP contribution in [0.4, 0.5) is 5.82 Å². The van der Waals surface area contributed by atoms with Crippen LogP contribution in [0, 0.1) is 0 Å². The Kier molecular flexibility index (Phi) is 4.00. The molecule has 1 aromatic rings. The van der Waals surface area contributed by atoms with Crippen molar-refractivity contribution in [3.63, 3.8) is 0 Å². The average Bonchev–Trinajstić information content (AvgIpc) is 2.34. The largest absolute Gasteiger partial charge is 0.373 e. The first-order valence-corrected chi connectivity index (χ1v) is 6.59. The van der Waals surface area contributed by atoms with Gasteiger partial charge in [-0.25, -0.2) is 4.98 Å². The zero-order chi connectivity index (χ0) is 12.3. The van der Waals surface area contributed by atoms with Crippen LogP contribution in [0.1, 0.15) is 38.7 Å². The molecule has 0 saturated carbocycles. The highest BCUT2D eigenvalue weighted by atomic mass is 15.2. The maximum absolute atomic E-state index is 4.37. The van der Waals surface area contributed by atoms with E-state index in [1.807, 2.05) is 19.3 Å². The van der Waals surface area contributed by atoms with Crippen LogP contribution in [-0.4, -0.2) is 29.0 Å². The highest BCUT2D eigenvalue weighted by molar-refractivity contribution is 5.42. The van der Waals surface area contributed by atoms with E-state index in [2.05, 4.69) is 35.1 Å². The van der Waals surface area contributed by atoms with Crippen LogP contribution in [0.5, 0.6) is 0 Å². The van der Waals surface area contributed by atoms with Gasteiger partial charge >= 0.3 is 0 Å². The summed E-state index contributed by atoms with van der Waals surface area (Å²) in [6.45, 7) is 5.68. The fourth-order valence-corrected chi connectivity index (χ4v) is 2.77. The van der Waals surface area contributed by atoms with Gasteiger partial charge in [0.2, 0.25) is 0 Å². The van der Waals surface area contributed by atoms with Crippen LogP contribution in [0.15, 0.2) is 18.3 Å². The quantitative estimate of drug-likeness (QED) is 0.870. The van der Waals surface area contributed by atoms with E-state index in [4.69, 9.17) is 0 Å². The van der Waals surface area contributed by atoms with Crippen LogP contribution in [0.25, 0.3) is 0 Å². The van der Waals surface area contributed by atoms with E-state index in [1.165, 1.54) is 24.8 Å². The molecule has 1 aromatic heterocycles. The summed E-state index contributed by atoms with van der Waals surface area (Å²) in [6.07, 6.45) is 5.85. The predicted molar refractivity (Wildman–Crippen MR) is 72.1 cm³/mol. The molecule has 2 unspecified atom stereocenters. The zero-order valence-electron chi connectivity index (χ0n) is 11.1. The number of likely N-dealkylation sites (tertiary alicyclic amines) is 1. The monoisotopic (exact) mass is 233 g/mol. The predicted octanol–water partition coefficient (Wildman–Crippen LogP) is 2.89. The minimum Gasteiger partial charge on any atom is -0.373 e. The van der Waals surface area contributed by atoms with Crippen molar-refractivity contribution in [1.82, 2.24) is 9.88 Å². The third-order valence-corrected chi connectivity index (χ3v) is 3.86. The second kappa shape index (κ2) is 5.50. The summed E-state index contributed by atoms with van der Waals surface area (Å²) in [5.74, 6) is 1.01. The summed E-state index contributed by atoms with van der Waals surface area (Å²) in [5.41, 5.74) is 1.30. The van der Waals surface area contributed by atoms with Crippen molar-refractivity contribution < 1.29 is 0 Å². The molecule has 0 amide bonds. The molecule has 0 aromatic carbocycles. The van der Waals surface area contributed by atoms with Gasteiger partial charge in [-0.15, -0.1) is 0 Å². The Bertz CT molecular complexity index is 354. The molecule has 3 nitrogen and oxygen atoms in total. The number of anilines is 1. The number of hydrogen-bond donors (Lipinski definition) is 1. The minimum atomic E-state index is 0.684. The van der Waals surface area contributed by atoms with Crippen LogP contribution >= 0.6 is 0 Å². The molecular weight excluding hydrogens is 210 g/mol. The minimum absolute atomic E-state index is 0.684. The van der Waals surface area contributed by atoms with E-state index in [0.29, 0.717) is 12.1 Å². The smallest absolute Gasteiger partial charge is 0.130 e. The third-order valence-electron chi connectivity index (χ3n) is 3.86. The Morgan fingerprint density at radius 3 is 2.71 bits per heavy atom. The lowest BCUT2D eigenvalue weighted by atomic mass is 9.97. The van der Waals surface area contributed by atoms with Gasteiger partial charge in [-0.3, -0.25) is 4.90 Å². The van der Waals surface area contributed by atoms with E-state index in [-0.39, 0.29) is 0 Å². The van der Waals surface area contributed by atoms with Gasteiger partial charge in [-0.2, -0.15) is 0 Å². The topological polar surface area (TPSA) is 28.2 Å². The second-order valence-corrected chi connectivity index (χ2v) is 5.06. The van der Waals surface area contributed by atoms with E-state index in [9.17, 15) is 0 Å². The Balaban J connectivity index is 2.13. The Hall–Kier alpha value is -1.09. The van der Waals surface area contributed by atoms with Crippen LogP contribution in [-0.2, 0) is 6.54 Å². The van der Waals surface area contributed by atoms with E-state index >= 15 is 0 Å². The zero-order valence-corrected chi connectivity index (χ0v) is 11.1. The lowest BCUT2D eigenvalue weighted by Gasteiger charge is -2.39. The number of rotatable bonds is 3.